The first kappa shape index (κ1) is 12.2. The fraction of sp³-hybridized carbons (Fsp3) is 0.0909. The summed E-state index contributed by atoms with van der Waals surface area (Å²) < 4.78 is 0. The minimum Gasteiger partial charge on any atom is -0.375 e. The number of carbonyl (C=O) groups is 2. The standard InChI is InChI=1S/C11H10N4O2S/c1-15(11(12)18)14-8-6-4-2-3-5-7(6)9(16)13-10(8)17/h2-5H,1H3,(H2,12,18)(H,13,16,17)/b14-8+. The summed E-state index contributed by atoms with van der Waals surface area (Å²) in [6, 6.07) is 6.70. The number of imide groups is 1. The topological polar surface area (TPSA) is 87.8 Å². The Morgan fingerprint density at radius 2 is 1.89 bits per heavy atom. The molecule has 1 aromatic rings. The van der Waals surface area contributed by atoms with Crippen molar-refractivity contribution in [3.05, 3.63) is 35.4 Å². The number of hydrogen-bond donors (Lipinski definition) is 2. The SMILES string of the molecule is CN(/N=C1/C(=O)NC(=O)c2ccccc21)C(N)=S. The van der Waals surface area contributed by atoms with Crippen molar-refractivity contribution in [2.24, 2.45) is 10.8 Å². The molecule has 1 aliphatic heterocycles. The predicted octanol–water partition coefficient (Wildman–Crippen LogP) is -0.164. The van der Waals surface area contributed by atoms with E-state index >= 15 is 0 Å². The molecule has 2 amide bonds. The maximum absolute atomic E-state index is 11.8. The Morgan fingerprint density at radius 3 is 2.50 bits per heavy atom. The predicted molar refractivity (Wildman–Crippen MR) is 70.0 cm³/mol. The molecule has 18 heavy (non-hydrogen) atoms. The van der Waals surface area contributed by atoms with Crippen molar-refractivity contribution in [2.75, 3.05) is 7.05 Å². The van der Waals surface area contributed by atoms with Gasteiger partial charge in [0.05, 0.1) is 0 Å². The van der Waals surface area contributed by atoms with Crippen LogP contribution in [0.25, 0.3) is 0 Å². The number of rotatable bonds is 1. The van der Waals surface area contributed by atoms with Gasteiger partial charge in [-0.15, -0.1) is 0 Å². The normalized spacial score (nSPS) is 16.2. The zero-order valence-electron chi connectivity index (χ0n) is 9.51. The summed E-state index contributed by atoms with van der Waals surface area (Å²) in [5.74, 6) is -1.01. The van der Waals surface area contributed by atoms with E-state index in [1.807, 2.05) is 0 Å². The average Bonchev–Trinajstić information content (AvgIpc) is 2.34. The number of carbonyl (C=O) groups excluding carboxylic acids is 2. The molecule has 92 valence electrons. The number of nitrogens with one attached hydrogen (secondary N) is 1. The molecular formula is C11H10N4O2S. The van der Waals surface area contributed by atoms with Crippen molar-refractivity contribution in [2.45, 2.75) is 0 Å². The van der Waals surface area contributed by atoms with E-state index in [0.29, 0.717) is 11.1 Å². The molecule has 0 aromatic heterocycles. The molecule has 0 radical (unpaired) electrons. The Bertz CT molecular complexity index is 582. The summed E-state index contributed by atoms with van der Waals surface area (Å²) in [5, 5.41) is 7.46. The van der Waals surface area contributed by atoms with E-state index in [9.17, 15) is 9.59 Å². The Morgan fingerprint density at radius 1 is 1.28 bits per heavy atom. The molecule has 1 aliphatic rings. The van der Waals surface area contributed by atoms with Crippen LogP contribution in [0.15, 0.2) is 29.4 Å². The van der Waals surface area contributed by atoms with Crippen molar-refractivity contribution in [3.63, 3.8) is 0 Å². The summed E-state index contributed by atoms with van der Waals surface area (Å²) in [7, 11) is 1.53. The van der Waals surface area contributed by atoms with Crippen molar-refractivity contribution in [3.8, 4) is 0 Å². The van der Waals surface area contributed by atoms with Crippen LogP contribution in [0.3, 0.4) is 0 Å². The van der Waals surface area contributed by atoms with E-state index in [1.54, 1.807) is 24.3 Å². The summed E-state index contributed by atoms with van der Waals surface area (Å²) in [6.07, 6.45) is 0. The second-order valence-electron chi connectivity index (χ2n) is 3.64. The van der Waals surface area contributed by atoms with Gasteiger partial charge < -0.3 is 5.73 Å². The highest BCUT2D eigenvalue weighted by molar-refractivity contribution is 7.80. The van der Waals surface area contributed by atoms with Crippen LogP contribution in [0.5, 0.6) is 0 Å². The third-order valence-electron chi connectivity index (χ3n) is 2.44. The van der Waals surface area contributed by atoms with Gasteiger partial charge in [0.25, 0.3) is 11.8 Å². The van der Waals surface area contributed by atoms with E-state index in [2.05, 4.69) is 10.4 Å². The van der Waals surface area contributed by atoms with Gasteiger partial charge in [0.1, 0.15) is 0 Å². The highest BCUT2D eigenvalue weighted by Crippen LogP contribution is 2.15. The van der Waals surface area contributed by atoms with E-state index in [-0.39, 0.29) is 10.8 Å². The highest BCUT2D eigenvalue weighted by atomic mass is 32.1. The first-order valence-electron chi connectivity index (χ1n) is 5.07. The third-order valence-corrected chi connectivity index (χ3v) is 2.70. The Balaban J connectivity index is 2.54. The van der Waals surface area contributed by atoms with Crippen LogP contribution in [0.2, 0.25) is 0 Å². The molecule has 1 aromatic carbocycles. The minimum atomic E-state index is -0.568. The summed E-state index contributed by atoms with van der Waals surface area (Å²) in [6.45, 7) is 0. The first-order chi connectivity index (χ1) is 8.50. The van der Waals surface area contributed by atoms with Gasteiger partial charge in [-0.05, 0) is 18.3 Å². The lowest BCUT2D eigenvalue weighted by Crippen LogP contribution is -2.44. The van der Waals surface area contributed by atoms with Crippen LogP contribution in [0, 0.1) is 0 Å². The lowest BCUT2D eigenvalue weighted by molar-refractivity contribution is -0.114. The molecular weight excluding hydrogens is 252 g/mol. The minimum absolute atomic E-state index is 0.0321. The Labute approximate surface area is 108 Å². The molecule has 2 rings (SSSR count). The molecule has 0 atom stereocenters. The zero-order valence-corrected chi connectivity index (χ0v) is 10.3. The molecule has 0 saturated heterocycles. The molecule has 3 N–H and O–H groups in total. The largest absolute Gasteiger partial charge is 0.375 e. The fourth-order valence-corrected chi connectivity index (χ4v) is 1.58. The Kier molecular flexibility index (Phi) is 3.07. The number of amides is 2. The molecule has 6 nitrogen and oxygen atoms in total. The number of thiocarbonyl (C=S) groups is 1. The monoisotopic (exact) mass is 262 g/mol. The number of hydrazone groups is 1. The fourth-order valence-electron chi connectivity index (χ4n) is 1.54. The van der Waals surface area contributed by atoms with Gasteiger partial charge in [0.15, 0.2) is 10.8 Å². The second-order valence-corrected chi connectivity index (χ2v) is 4.06. The molecule has 0 spiro atoms. The lowest BCUT2D eigenvalue weighted by atomic mass is 9.98. The van der Waals surface area contributed by atoms with Crippen LogP contribution < -0.4 is 11.1 Å². The van der Waals surface area contributed by atoms with Gasteiger partial charge in [-0.2, -0.15) is 5.10 Å². The second kappa shape index (κ2) is 4.53. The van der Waals surface area contributed by atoms with Gasteiger partial charge in [0, 0.05) is 18.2 Å². The van der Waals surface area contributed by atoms with E-state index in [0.717, 1.165) is 0 Å². The van der Waals surface area contributed by atoms with E-state index in [1.165, 1.54) is 12.1 Å². The first-order valence-corrected chi connectivity index (χ1v) is 5.48. The van der Waals surface area contributed by atoms with Crippen LogP contribution in [-0.2, 0) is 4.79 Å². The average molecular weight is 262 g/mol. The maximum atomic E-state index is 11.8. The Hall–Kier alpha value is -2.28. The molecule has 0 fully saturated rings. The van der Waals surface area contributed by atoms with Crippen LogP contribution in [0.4, 0.5) is 0 Å². The summed E-state index contributed by atoms with van der Waals surface area (Å²) in [4.78, 5) is 23.4. The van der Waals surface area contributed by atoms with Crippen LogP contribution >= 0.6 is 12.2 Å². The van der Waals surface area contributed by atoms with Crippen LogP contribution in [0.1, 0.15) is 15.9 Å². The van der Waals surface area contributed by atoms with Gasteiger partial charge >= 0.3 is 0 Å². The van der Waals surface area contributed by atoms with Crippen LogP contribution in [-0.4, -0.2) is 34.7 Å². The molecule has 0 aliphatic carbocycles. The zero-order chi connectivity index (χ0) is 13.3. The summed E-state index contributed by atoms with van der Waals surface area (Å²) >= 11 is 4.75. The van der Waals surface area contributed by atoms with Gasteiger partial charge in [-0.1, -0.05) is 18.2 Å². The quantitative estimate of drug-likeness (QED) is 0.417. The molecule has 1 heterocycles. The van der Waals surface area contributed by atoms with E-state index in [4.69, 9.17) is 18.0 Å². The smallest absolute Gasteiger partial charge is 0.279 e. The number of fused-ring (bicyclic) bond motifs is 1. The van der Waals surface area contributed by atoms with Crippen molar-refractivity contribution >= 4 is 34.9 Å². The highest BCUT2D eigenvalue weighted by Gasteiger charge is 2.28. The van der Waals surface area contributed by atoms with Gasteiger partial charge in [-0.3, -0.25) is 14.9 Å². The van der Waals surface area contributed by atoms with Crippen molar-refractivity contribution < 1.29 is 9.59 Å². The molecule has 0 bridgehead atoms. The van der Waals surface area contributed by atoms with Gasteiger partial charge in [0.2, 0.25) is 0 Å². The summed E-state index contributed by atoms with van der Waals surface area (Å²) in [5.41, 5.74) is 6.37. The van der Waals surface area contributed by atoms with Crippen molar-refractivity contribution in [1.29, 1.82) is 0 Å². The van der Waals surface area contributed by atoms with Crippen molar-refractivity contribution in [1.82, 2.24) is 10.3 Å². The number of benzene rings is 1. The number of hydrogen-bond acceptors (Lipinski definition) is 4. The van der Waals surface area contributed by atoms with Gasteiger partial charge in [-0.25, -0.2) is 5.01 Å². The lowest BCUT2D eigenvalue weighted by Gasteiger charge is -2.19. The molecule has 0 unspecified atom stereocenters. The number of nitrogens with two attached hydrogens (primary N) is 1. The molecule has 7 heteroatoms. The third kappa shape index (κ3) is 2.07. The maximum Gasteiger partial charge on any atom is 0.279 e. The number of nitrogens with zero attached hydrogens (tertiary/aromatic N) is 2. The van der Waals surface area contributed by atoms with E-state index < -0.39 is 11.8 Å². The molecule has 0 saturated carbocycles.